The van der Waals surface area contributed by atoms with Gasteiger partial charge in [-0.05, 0) is 75.6 Å². The van der Waals surface area contributed by atoms with Gasteiger partial charge in [-0.3, -0.25) is 4.98 Å². The van der Waals surface area contributed by atoms with Gasteiger partial charge >= 0.3 is 0 Å². The average Bonchev–Trinajstić information content (AvgIpc) is 4.02. The fraction of sp³-hybridized carbons (Fsp3) is 0. The zero-order chi connectivity index (χ0) is 46.1. The second-order valence-electron chi connectivity index (χ2n) is 17.5. The number of nitrogens with zero attached hydrogens (tertiary/aromatic N) is 5. The van der Waals surface area contributed by atoms with Crippen LogP contribution in [0.25, 0.3) is 143 Å². The van der Waals surface area contributed by atoms with Gasteiger partial charge in [0.2, 0.25) is 0 Å². The molecular formula is C63H37N5OS. The maximum absolute atomic E-state index is 6.90. The van der Waals surface area contributed by atoms with Crippen molar-refractivity contribution in [2.45, 2.75) is 0 Å². The SMILES string of the molecule is c1ccc(-c2cccc(-c3cccc4oc5c(-c6nc(-c7cc8ccccc8c8ccccc78)nc(-c7cccc8c7sc7cc(-c9cccnc9-c9ccccc9)ccc78)n6)cccc5c34)n2)cc1. The van der Waals surface area contributed by atoms with Gasteiger partial charge in [0.25, 0.3) is 0 Å². The Bertz CT molecular complexity index is 4370. The summed E-state index contributed by atoms with van der Waals surface area (Å²) in [5.74, 6) is 1.70. The summed E-state index contributed by atoms with van der Waals surface area (Å²) in [4.78, 5) is 26.3. The Kier molecular flexibility index (Phi) is 9.28. The number of aromatic nitrogens is 5. The van der Waals surface area contributed by atoms with Crippen molar-refractivity contribution in [2.24, 2.45) is 0 Å². The Balaban J connectivity index is 0.980. The van der Waals surface area contributed by atoms with Crippen LogP contribution in [0.5, 0.6) is 0 Å². The highest BCUT2D eigenvalue weighted by atomic mass is 32.1. The molecule has 0 bridgehead atoms. The lowest BCUT2D eigenvalue weighted by Crippen LogP contribution is -2.01. The summed E-state index contributed by atoms with van der Waals surface area (Å²) in [6.07, 6.45) is 1.86. The lowest BCUT2D eigenvalue weighted by Gasteiger charge is -2.13. The minimum Gasteiger partial charge on any atom is -0.455 e. The van der Waals surface area contributed by atoms with Crippen LogP contribution >= 0.6 is 11.3 Å². The summed E-state index contributed by atoms with van der Waals surface area (Å²) in [5.41, 5.74) is 12.2. The van der Waals surface area contributed by atoms with E-state index in [-0.39, 0.29) is 0 Å². The van der Waals surface area contributed by atoms with Crippen LogP contribution in [0.15, 0.2) is 229 Å². The Morgan fingerprint density at radius 2 is 0.986 bits per heavy atom. The van der Waals surface area contributed by atoms with Crippen molar-refractivity contribution in [1.82, 2.24) is 24.9 Å². The number of fused-ring (bicyclic) bond motifs is 9. The van der Waals surface area contributed by atoms with Gasteiger partial charge in [0.05, 0.1) is 22.6 Å². The summed E-state index contributed by atoms with van der Waals surface area (Å²) < 4.78 is 9.17. The van der Waals surface area contributed by atoms with Crippen molar-refractivity contribution < 1.29 is 4.42 Å². The number of benzene rings is 9. The largest absolute Gasteiger partial charge is 0.455 e. The first-order chi connectivity index (χ1) is 34.7. The molecule has 9 aromatic carbocycles. The van der Waals surface area contributed by atoms with Crippen molar-refractivity contribution in [1.29, 1.82) is 0 Å². The molecule has 0 fully saturated rings. The minimum atomic E-state index is 0.526. The first-order valence-corrected chi connectivity index (χ1v) is 24.1. The smallest absolute Gasteiger partial charge is 0.167 e. The highest BCUT2D eigenvalue weighted by Gasteiger charge is 2.23. The van der Waals surface area contributed by atoms with E-state index in [0.717, 1.165) is 104 Å². The van der Waals surface area contributed by atoms with Gasteiger partial charge < -0.3 is 4.42 Å². The van der Waals surface area contributed by atoms with E-state index in [2.05, 4.69) is 176 Å². The third-order valence-corrected chi connectivity index (χ3v) is 14.6. The number of para-hydroxylation sites is 1. The molecule has 0 amide bonds. The molecule has 0 saturated heterocycles. The molecular weight excluding hydrogens is 875 g/mol. The molecule has 5 aromatic heterocycles. The topological polar surface area (TPSA) is 77.6 Å². The molecule has 0 aliphatic carbocycles. The standard InChI is InChI=1S/C63H37N5OS/c1-3-16-38(17-4-1)53-30-14-31-54(65-53)48-25-13-32-55-57(48)49-26-12-27-50(59(49)69-55)61-66-62(68-63(67-61)52-36-40-20-7-8-21-42(40)44-22-9-10-23-45(44)52)51-28-11-24-47-46-34-33-41(37-56(46)70-60(47)51)43-29-15-35-64-58(43)39-18-5-2-6-19-39/h1-37H. The van der Waals surface area contributed by atoms with Crippen LogP contribution in [-0.2, 0) is 0 Å². The Hall–Kier alpha value is -9.17. The minimum absolute atomic E-state index is 0.526. The lowest BCUT2D eigenvalue weighted by molar-refractivity contribution is 0.669. The second-order valence-corrected chi connectivity index (χ2v) is 18.5. The summed E-state index contributed by atoms with van der Waals surface area (Å²) in [6.45, 7) is 0. The first kappa shape index (κ1) is 39.9. The Morgan fingerprint density at radius 1 is 0.357 bits per heavy atom. The zero-order valence-corrected chi connectivity index (χ0v) is 38.2. The van der Waals surface area contributed by atoms with E-state index < -0.39 is 0 Å². The molecule has 0 saturated carbocycles. The molecule has 0 aliphatic heterocycles. The fourth-order valence-corrected chi connectivity index (χ4v) is 11.4. The van der Waals surface area contributed by atoms with E-state index in [1.165, 1.54) is 15.5 Å². The van der Waals surface area contributed by atoms with Crippen molar-refractivity contribution in [3.05, 3.63) is 225 Å². The van der Waals surface area contributed by atoms with Gasteiger partial charge in [0.1, 0.15) is 11.2 Å². The van der Waals surface area contributed by atoms with Crippen molar-refractivity contribution >= 4 is 75.0 Å². The van der Waals surface area contributed by atoms with E-state index >= 15 is 0 Å². The molecule has 0 radical (unpaired) electrons. The molecule has 14 rings (SSSR count). The second kappa shape index (κ2) is 16.3. The molecule has 70 heavy (non-hydrogen) atoms. The number of rotatable bonds is 7. The number of hydrogen-bond acceptors (Lipinski definition) is 7. The predicted molar refractivity (Wildman–Crippen MR) is 289 cm³/mol. The number of hydrogen-bond donors (Lipinski definition) is 0. The van der Waals surface area contributed by atoms with Crippen LogP contribution in [0.3, 0.4) is 0 Å². The molecule has 5 heterocycles. The molecule has 326 valence electrons. The molecule has 7 heteroatoms. The fourth-order valence-electron chi connectivity index (χ4n) is 10.2. The monoisotopic (exact) mass is 911 g/mol. The highest BCUT2D eigenvalue weighted by Crippen LogP contribution is 2.45. The van der Waals surface area contributed by atoms with Gasteiger partial charge in [-0.25, -0.2) is 19.9 Å². The third kappa shape index (κ3) is 6.59. The molecule has 14 aromatic rings. The molecule has 0 atom stereocenters. The first-order valence-electron chi connectivity index (χ1n) is 23.3. The van der Waals surface area contributed by atoms with Crippen molar-refractivity contribution in [2.75, 3.05) is 0 Å². The molecule has 0 unspecified atom stereocenters. The van der Waals surface area contributed by atoms with Gasteiger partial charge in [-0.2, -0.15) is 0 Å². The molecule has 0 N–H and O–H groups in total. The van der Waals surface area contributed by atoms with Gasteiger partial charge in [-0.15, -0.1) is 11.3 Å². The Labute approximate surface area is 405 Å². The number of pyridine rings is 2. The van der Waals surface area contributed by atoms with E-state index in [0.29, 0.717) is 23.1 Å². The van der Waals surface area contributed by atoms with Crippen LogP contribution in [0.1, 0.15) is 0 Å². The maximum Gasteiger partial charge on any atom is 0.167 e. The quantitative estimate of drug-likeness (QED) is 0.148. The van der Waals surface area contributed by atoms with Crippen molar-refractivity contribution in [3.8, 4) is 79.1 Å². The normalized spacial score (nSPS) is 11.7. The summed E-state index contributed by atoms with van der Waals surface area (Å²) >= 11 is 1.76. The lowest BCUT2D eigenvalue weighted by atomic mass is 9.96. The van der Waals surface area contributed by atoms with Crippen LogP contribution in [0, 0.1) is 0 Å². The molecule has 0 spiro atoms. The van der Waals surface area contributed by atoms with Crippen LogP contribution < -0.4 is 0 Å². The maximum atomic E-state index is 6.90. The van der Waals surface area contributed by atoms with E-state index in [1.807, 2.05) is 48.7 Å². The van der Waals surface area contributed by atoms with Gasteiger partial charge in [0.15, 0.2) is 17.5 Å². The third-order valence-electron chi connectivity index (χ3n) is 13.4. The highest BCUT2D eigenvalue weighted by molar-refractivity contribution is 7.26. The summed E-state index contributed by atoms with van der Waals surface area (Å²) in [7, 11) is 0. The number of thiophene rings is 1. The molecule has 0 aliphatic rings. The average molecular weight is 912 g/mol. The van der Waals surface area contributed by atoms with Crippen LogP contribution in [0.2, 0.25) is 0 Å². The van der Waals surface area contributed by atoms with Crippen molar-refractivity contribution in [3.63, 3.8) is 0 Å². The Morgan fingerprint density at radius 3 is 1.83 bits per heavy atom. The number of furan rings is 1. The van der Waals surface area contributed by atoms with E-state index in [1.54, 1.807) is 11.3 Å². The van der Waals surface area contributed by atoms with Crippen LogP contribution in [0.4, 0.5) is 0 Å². The van der Waals surface area contributed by atoms with E-state index in [9.17, 15) is 0 Å². The predicted octanol–water partition coefficient (Wildman–Crippen LogP) is 16.9. The van der Waals surface area contributed by atoms with Crippen LogP contribution in [-0.4, -0.2) is 24.9 Å². The van der Waals surface area contributed by atoms with Gasteiger partial charge in [-0.1, -0.05) is 170 Å². The zero-order valence-electron chi connectivity index (χ0n) is 37.4. The van der Waals surface area contributed by atoms with E-state index in [4.69, 9.17) is 29.3 Å². The van der Waals surface area contributed by atoms with Gasteiger partial charge in [0, 0.05) is 70.5 Å². The molecule has 6 nitrogen and oxygen atoms in total. The summed E-state index contributed by atoms with van der Waals surface area (Å²) in [5, 5.41) is 8.78. The summed E-state index contributed by atoms with van der Waals surface area (Å²) in [6, 6.07) is 75.9.